The number of amides is 1. The van der Waals surface area contributed by atoms with Crippen molar-refractivity contribution in [2.75, 3.05) is 0 Å². The predicted molar refractivity (Wildman–Crippen MR) is 85.9 cm³/mol. The van der Waals surface area contributed by atoms with Crippen molar-refractivity contribution in [1.82, 2.24) is 19.9 Å². The summed E-state index contributed by atoms with van der Waals surface area (Å²) in [6.45, 7) is 2.08. The summed E-state index contributed by atoms with van der Waals surface area (Å²) in [7, 11) is 0. The summed E-state index contributed by atoms with van der Waals surface area (Å²) < 4.78 is 2.37. The molecule has 22 heavy (non-hydrogen) atoms. The molecule has 3 rings (SSSR count). The molecule has 112 valence electrons. The number of H-pyrrole nitrogens is 1. The van der Waals surface area contributed by atoms with E-state index in [1.54, 1.807) is 13.1 Å². The van der Waals surface area contributed by atoms with Crippen molar-refractivity contribution in [3.8, 4) is 0 Å². The number of carbonyl (C=O) groups excluding carboxylic acids is 1. The van der Waals surface area contributed by atoms with Gasteiger partial charge in [-0.15, -0.1) is 0 Å². The average Bonchev–Trinajstić information content (AvgIpc) is 2.82. The number of hydrogen-bond donors (Lipinski definition) is 2. The van der Waals surface area contributed by atoms with Crippen LogP contribution in [0, 0.1) is 6.92 Å². The van der Waals surface area contributed by atoms with Crippen LogP contribution in [0.5, 0.6) is 0 Å². The number of aromatic nitrogens is 3. The Hall–Kier alpha value is -2.41. The van der Waals surface area contributed by atoms with Crippen molar-refractivity contribution in [2.24, 2.45) is 0 Å². The Morgan fingerprint density at radius 1 is 1.45 bits per heavy atom. The van der Waals surface area contributed by atoms with Crippen molar-refractivity contribution < 1.29 is 4.79 Å². The molecule has 0 aliphatic heterocycles. The highest BCUT2D eigenvalue weighted by Crippen LogP contribution is 2.13. The van der Waals surface area contributed by atoms with Crippen molar-refractivity contribution in [1.29, 1.82) is 0 Å². The first-order chi connectivity index (χ1) is 10.6. The number of hydrogen-bond acceptors (Lipinski definition) is 3. The highest BCUT2D eigenvalue weighted by molar-refractivity contribution is 9.10. The topological polar surface area (TPSA) is 79.3 Å². The van der Waals surface area contributed by atoms with Gasteiger partial charge in [0.1, 0.15) is 5.52 Å². The molecular formula is C15H13BrN4O2. The Kier molecular flexibility index (Phi) is 3.81. The molecule has 1 amide bonds. The molecule has 0 aliphatic carbocycles. The van der Waals surface area contributed by atoms with Crippen LogP contribution in [-0.4, -0.2) is 20.5 Å². The Morgan fingerprint density at radius 3 is 3.05 bits per heavy atom. The second-order valence-electron chi connectivity index (χ2n) is 4.86. The SMILES string of the molecule is Cc1nn2cc[nH]c(=O)c2c1C(=O)NCc1cccc(Br)c1. The smallest absolute Gasteiger partial charge is 0.274 e. The van der Waals surface area contributed by atoms with E-state index in [2.05, 4.69) is 31.3 Å². The van der Waals surface area contributed by atoms with E-state index >= 15 is 0 Å². The summed E-state index contributed by atoms with van der Waals surface area (Å²) in [5.74, 6) is -0.316. The minimum absolute atomic E-state index is 0.256. The first-order valence-electron chi connectivity index (χ1n) is 6.65. The number of fused-ring (bicyclic) bond motifs is 1. The number of nitrogens with one attached hydrogen (secondary N) is 2. The minimum Gasteiger partial charge on any atom is -0.348 e. The third-order valence-corrected chi connectivity index (χ3v) is 3.79. The normalized spacial score (nSPS) is 10.8. The Bertz CT molecular complexity index is 913. The van der Waals surface area contributed by atoms with Crippen molar-refractivity contribution >= 4 is 27.4 Å². The van der Waals surface area contributed by atoms with Gasteiger partial charge in [-0.3, -0.25) is 9.59 Å². The predicted octanol–water partition coefficient (Wildman–Crippen LogP) is 2.02. The van der Waals surface area contributed by atoms with Crippen LogP contribution in [0.1, 0.15) is 21.6 Å². The molecule has 0 bridgehead atoms. The van der Waals surface area contributed by atoms with Gasteiger partial charge >= 0.3 is 0 Å². The first-order valence-corrected chi connectivity index (χ1v) is 7.45. The molecular weight excluding hydrogens is 348 g/mol. The maximum atomic E-state index is 12.4. The fourth-order valence-corrected chi connectivity index (χ4v) is 2.76. The highest BCUT2D eigenvalue weighted by Gasteiger charge is 2.19. The zero-order valence-corrected chi connectivity index (χ0v) is 13.3. The maximum Gasteiger partial charge on any atom is 0.274 e. The van der Waals surface area contributed by atoms with E-state index in [-0.39, 0.29) is 17.0 Å². The molecule has 0 radical (unpaired) electrons. The lowest BCUT2D eigenvalue weighted by Gasteiger charge is -2.05. The van der Waals surface area contributed by atoms with E-state index in [9.17, 15) is 9.59 Å². The second-order valence-corrected chi connectivity index (χ2v) is 5.77. The van der Waals surface area contributed by atoms with Gasteiger partial charge in [0.25, 0.3) is 11.5 Å². The molecule has 6 nitrogen and oxygen atoms in total. The van der Waals surface area contributed by atoms with E-state index in [1.165, 1.54) is 10.7 Å². The van der Waals surface area contributed by atoms with Gasteiger partial charge in [-0.05, 0) is 24.6 Å². The largest absolute Gasteiger partial charge is 0.348 e. The van der Waals surface area contributed by atoms with Gasteiger partial charge in [0, 0.05) is 23.4 Å². The molecule has 0 spiro atoms. The molecule has 7 heteroatoms. The Balaban J connectivity index is 1.90. The summed E-state index contributed by atoms with van der Waals surface area (Å²) >= 11 is 3.39. The number of rotatable bonds is 3. The summed E-state index contributed by atoms with van der Waals surface area (Å²) in [5.41, 5.74) is 1.70. The van der Waals surface area contributed by atoms with Crippen molar-refractivity contribution in [3.63, 3.8) is 0 Å². The quantitative estimate of drug-likeness (QED) is 0.749. The van der Waals surface area contributed by atoms with Gasteiger partial charge in [0.05, 0.1) is 11.3 Å². The zero-order valence-electron chi connectivity index (χ0n) is 11.8. The Morgan fingerprint density at radius 2 is 2.27 bits per heavy atom. The van der Waals surface area contributed by atoms with Gasteiger partial charge in [0.2, 0.25) is 0 Å². The summed E-state index contributed by atoms with van der Waals surface area (Å²) in [6.07, 6.45) is 3.10. The van der Waals surface area contributed by atoms with Crippen LogP contribution in [0.4, 0.5) is 0 Å². The maximum absolute atomic E-state index is 12.4. The fourth-order valence-electron chi connectivity index (χ4n) is 2.31. The summed E-state index contributed by atoms with van der Waals surface area (Å²) in [6, 6.07) is 7.66. The third-order valence-electron chi connectivity index (χ3n) is 3.30. The number of nitrogens with zero attached hydrogens (tertiary/aromatic N) is 2. The van der Waals surface area contributed by atoms with E-state index in [4.69, 9.17) is 0 Å². The molecule has 0 saturated heterocycles. The standard InChI is InChI=1S/C15H13BrN4O2/c1-9-12(13-15(22)17-5-6-20(13)19-9)14(21)18-8-10-3-2-4-11(16)7-10/h2-7H,8H2,1H3,(H,17,22)(H,18,21). The Labute approximate surface area is 134 Å². The molecule has 1 aromatic carbocycles. The van der Waals surface area contributed by atoms with Gasteiger partial charge < -0.3 is 10.3 Å². The number of benzene rings is 1. The van der Waals surface area contributed by atoms with Crippen LogP contribution in [0.25, 0.3) is 5.52 Å². The summed E-state index contributed by atoms with van der Waals surface area (Å²) in [4.78, 5) is 26.9. The fraction of sp³-hybridized carbons (Fsp3) is 0.133. The molecule has 2 N–H and O–H groups in total. The lowest BCUT2D eigenvalue weighted by atomic mass is 10.2. The lowest BCUT2D eigenvalue weighted by Crippen LogP contribution is -2.25. The van der Waals surface area contributed by atoms with E-state index < -0.39 is 0 Å². The highest BCUT2D eigenvalue weighted by atomic mass is 79.9. The minimum atomic E-state index is -0.337. The lowest BCUT2D eigenvalue weighted by molar-refractivity contribution is 0.0952. The molecule has 0 unspecified atom stereocenters. The van der Waals surface area contributed by atoms with Gasteiger partial charge in [-0.2, -0.15) is 5.10 Å². The van der Waals surface area contributed by atoms with Gasteiger partial charge in [-0.1, -0.05) is 28.1 Å². The average molecular weight is 361 g/mol. The van der Waals surface area contributed by atoms with Crippen LogP contribution in [0.2, 0.25) is 0 Å². The number of carbonyl (C=O) groups is 1. The van der Waals surface area contributed by atoms with Gasteiger partial charge in [0.15, 0.2) is 0 Å². The molecule has 0 aliphatic rings. The van der Waals surface area contributed by atoms with Crippen molar-refractivity contribution in [3.05, 3.63) is 68.3 Å². The third kappa shape index (κ3) is 2.67. The molecule has 2 aromatic heterocycles. The van der Waals surface area contributed by atoms with Gasteiger partial charge in [-0.25, -0.2) is 4.52 Å². The second kappa shape index (κ2) is 5.76. The monoisotopic (exact) mass is 360 g/mol. The first kappa shape index (κ1) is 14.5. The molecule has 0 atom stereocenters. The van der Waals surface area contributed by atoms with Crippen LogP contribution < -0.4 is 10.9 Å². The number of aromatic amines is 1. The van der Waals surface area contributed by atoms with Crippen molar-refractivity contribution in [2.45, 2.75) is 13.5 Å². The molecule has 3 aromatic rings. The molecule has 2 heterocycles. The molecule has 0 fully saturated rings. The van der Waals surface area contributed by atoms with Crippen LogP contribution in [0.3, 0.4) is 0 Å². The van der Waals surface area contributed by atoms with Crippen LogP contribution >= 0.6 is 15.9 Å². The van der Waals surface area contributed by atoms with E-state index in [1.807, 2.05) is 24.3 Å². The van der Waals surface area contributed by atoms with Crippen LogP contribution in [0.15, 0.2) is 45.9 Å². The van der Waals surface area contributed by atoms with E-state index in [0.717, 1.165) is 10.0 Å². The number of aryl methyl sites for hydroxylation is 1. The number of halogens is 1. The molecule has 0 saturated carbocycles. The van der Waals surface area contributed by atoms with Crippen LogP contribution in [-0.2, 0) is 6.54 Å². The van der Waals surface area contributed by atoms with E-state index in [0.29, 0.717) is 17.8 Å². The zero-order chi connectivity index (χ0) is 15.7. The summed E-state index contributed by atoms with van der Waals surface area (Å²) in [5, 5.41) is 7.02.